The van der Waals surface area contributed by atoms with Crippen LogP contribution in [0.5, 0.6) is 0 Å². The van der Waals surface area contributed by atoms with Crippen LogP contribution in [0.1, 0.15) is 21.1 Å². The van der Waals surface area contributed by atoms with Crippen LogP contribution in [0.3, 0.4) is 0 Å². The van der Waals surface area contributed by atoms with Crippen molar-refractivity contribution in [1.82, 2.24) is 25.0 Å². The van der Waals surface area contributed by atoms with E-state index in [9.17, 15) is 13.6 Å². The lowest BCUT2D eigenvalue weighted by atomic mass is 10.4. The molecule has 3 heterocycles. The average molecular weight is 342 g/mol. The molecule has 1 N–H and O–H groups in total. The third-order valence-electron chi connectivity index (χ3n) is 2.53. The van der Waals surface area contributed by atoms with Gasteiger partial charge in [-0.1, -0.05) is 11.3 Å². The number of hydrogen-bond donors (Lipinski definition) is 1. The number of halogens is 2. The van der Waals surface area contributed by atoms with Crippen molar-refractivity contribution in [3.05, 3.63) is 28.5 Å². The molecular formula is C11H8F2N6OS2. The average Bonchev–Trinajstić information content (AvgIpc) is 3.16. The van der Waals surface area contributed by atoms with E-state index in [1.54, 1.807) is 24.1 Å². The van der Waals surface area contributed by atoms with Crippen molar-refractivity contribution < 1.29 is 13.6 Å². The van der Waals surface area contributed by atoms with Gasteiger partial charge in [-0.15, -0.1) is 21.5 Å². The Hall–Kier alpha value is -2.27. The Balaban J connectivity index is 1.73. The van der Waals surface area contributed by atoms with Gasteiger partial charge in [0, 0.05) is 18.8 Å². The highest BCUT2D eigenvalue weighted by molar-refractivity contribution is 7.17. The Labute approximate surface area is 130 Å². The molecule has 0 bridgehead atoms. The molecule has 3 rings (SSSR count). The Bertz CT molecular complexity index is 811. The summed E-state index contributed by atoms with van der Waals surface area (Å²) in [5.41, 5.74) is 0.794. The van der Waals surface area contributed by atoms with Crippen LogP contribution >= 0.6 is 22.7 Å². The second kappa shape index (κ2) is 5.85. The number of hydrogen-bond acceptors (Lipinski definition) is 7. The SMILES string of the molecule is Cn1cc(-c2ncc(C(=O)Nc3nnc(C(F)F)s3)s2)cn1. The number of amides is 1. The summed E-state index contributed by atoms with van der Waals surface area (Å²) in [7, 11) is 1.78. The maximum atomic E-state index is 12.4. The summed E-state index contributed by atoms with van der Waals surface area (Å²) < 4.78 is 26.5. The van der Waals surface area contributed by atoms with Crippen LogP contribution in [0.15, 0.2) is 18.6 Å². The highest BCUT2D eigenvalue weighted by Gasteiger charge is 2.17. The fourth-order valence-corrected chi connectivity index (χ4v) is 2.96. The van der Waals surface area contributed by atoms with Gasteiger partial charge in [0.2, 0.25) is 5.13 Å². The molecule has 0 saturated heterocycles. The quantitative estimate of drug-likeness (QED) is 0.788. The van der Waals surface area contributed by atoms with Crippen molar-refractivity contribution in [3.8, 4) is 10.6 Å². The number of alkyl halides is 2. The van der Waals surface area contributed by atoms with Gasteiger partial charge in [-0.25, -0.2) is 13.8 Å². The second-order valence-electron chi connectivity index (χ2n) is 4.13. The van der Waals surface area contributed by atoms with Gasteiger partial charge in [0.15, 0.2) is 5.01 Å². The fraction of sp³-hybridized carbons (Fsp3) is 0.182. The summed E-state index contributed by atoms with van der Waals surface area (Å²) >= 11 is 1.81. The molecule has 114 valence electrons. The van der Waals surface area contributed by atoms with Crippen LogP contribution in [0.4, 0.5) is 13.9 Å². The summed E-state index contributed by atoms with van der Waals surface area (Å²) in [6.07, 6.45) is 2.13. The van der Waals surface area contributed by atoms with Crippen molar-refractivity contribution in [1.29, 1.82) is 0 Å². The first kappa shape index (κ1) is 14.7. The molecule has 0 spiro atoms. The Morgan fingerprint density at radius 3 is 2.77 bits per heavy atom. The van der Waals surface area contributed by atoms with Crippen LogP contribution in [0.2, 0.25) is 0 Å². The zero-order valence-corrected chi connectivity index (χ0v) is 12.7. The number of nitrogens with one attached hydrogen (secondary N) is 1. The number of nitrogens with zero attached hydrogens (tertiary/aromatic N) is 5. The molecule has 0 fully saturated rings. The van der Waals surface area contributed by atoms with Gasteiger partial charge in [0.1, 0.15) is 9.88 Å². The van der Waals surface area contributed by atoms with Crippen molar-refractivity contribution in [3.63, 3.8) is 0 Å². The molecule has 1 amide bonds. The maximum Gasteiger partial charge on any atom is 0.291 e. The highest BCUT2D eigenvalue weighted by atomic mass is 32.1. The number of carbonyl (C=O) groups excluding carboxylic acids is 1. The molecule has 3 aromatic rings. The zero-order valence-electron chi connectivity index (χ0n) is 11.0. The first-order valence-corrected chi connectivity index (χ1v) is 7.54. The van der Waals surface area contributed by atoms with Gasteiger partial charge in [0.05, 0.1) is 12.4 Å². The van der Waals surface area contributed by atoms with Crippen molar-refractivity contribution in [2.24, 2.45) is 7.05 Å². The van der Waals surface area contributed by atoms with Gasteiger partial charge in [-0.2, -0.15) is 5.10 Å². The van der Waals surface area contributed by atoms with Crippen LogP contribution in [0, 0.1) is 0 Å². The molecule has 0 aliphatic carbocycles. The normalized spacial score (nSPS) is 11.1. The largest absolute Gasteiger partial charge is 0.296 e. The monoisotopic (exact) mass is 342 g/mol. The smallest absolute Gasteiger partial charge is 0.291 e. The third kappa shape index (κ3) is 2.99. The zero-order chi connectivity index (χ0) is 15.7. The van der Waals surface area contributed by atoms with E-state index in [4.69, 9.17) is 0 Å². The Morgan fingerprint density at radius 2 is 2.14 bits per heavy atom. The van der Waals surface area contributed by atoms with E-state index in [0.29, 0.717) is 21.2 Å². The van der Waals surface area contributed by atoms with E-state index in [0.717, 1.165) is 5.56 Å². The minimum absolute atomic E-state index is 0.0247. The minimum atomic E-state index is -2.70. The van der Waals surface area contributed by atoms with E-state index in [2.05, 4.69) is 25.6 Å². The van der Waals surface area contributed by atoms with Crippen LogP contribution < -0.4 is 5.32 Å². The number of carbonyl (C=O) groups is 1. The summed E-state index contributed by atoms with van der Waals surface area (Å²) in [4.78, 5) is 16.5. The minimum Gasteiger partial charge on any atom is -0.296 e. The van der Waals surface area contributed by atoms with Crippen LogP contribution in [0.25, 0.3) is 10.6 Å². The van der Waals surface area contributed by atoms with E-state index in [1.807, 2.05) is 0 Å². The molecule has 0 aliphatic heterocycles. The van der Waals surface area contributed by atoms with E-state index in [1.165, 1.54) is 17.5 Å². The first-order chi connectivity index (χ1) is 10.5. The molecule has 7 nitrogen and oxygen atoms in total. The van der Waals surface area contributed by atoms with Gasteiger partial charge in [-0.3, -0.25) is 14.8 Å². The Kier molecular flexibility index (Phi) is 3.90. The molecule has 0 aromatic carbocycles. The summed E-state index contributed by atoms with van der Waals surface area (Å²) in [5.74, 6) is -0.468. The lowest BCUT2D eigenvalue weighted by Crippen LogP contribution is -2.09. The molecule has 3 aromatic heterocycles. The Morgan fingerprint density at radius 1 is 1.32 bits per heavy atom. The predicted octanol–water partition coefficient (Wildman–Crippen LogP) is 2.58. The maximum absolute atomic E-state index is 12.4. The van der Waals surface area contributed by atoms with Gasteiger partial charge < -0.3 is 0 Å². The third-order valence-corrected chi connectivity index (χ3v) is 4.42. The number of aryl methyl sites for hydroxylation is 1. The lowest BCUT2D eigenvalue weighted by Gasteiger charge is -1.96. The van der Waals surface area contributed by atoms with E-state index >= 15 is 0 Å². The molecule has 0 aliphatic rings. The summed E-state index contributed by atoms with van der Waals surface area (Å²) in [6.45, 7) is 0. The first-order valence-electron chi connectivity index (χ1n) is 5.90. The molecule has 11 heteroatoms. The number of thiazole rings is 1. The standard InChI is InChI=1S/C11H8F2N6OS2/c1-19-4-5(2-15-19)9-14-3-6(21-9)8(20)16-11-18-17-10(22-11)7(12)13/h2-4,7H,1H3,(H,16,18,20). The van der Waals surface area contributed by atoms with Crippen molar-refractivity contribution in [2.75, 3.05) is 5.32 Å². The molecule has 0 atom stereocenters. The van der Waals surface area contributed by atoms with Gasteiger partial charge in [-0.05, 0) is 0 Å². The summed E-state index contributed by atoms with van der Waals surface area (Å²) in [5, 5.41) is 13.5. The molecule has 0 saturated carbocycles. The summed E-state index contributed by atoms with van der Waals surface area (Å²) in [6, 6.07) is 0. The fourth-order valence-electron chi connectivity index (χ4n) is 1.58. The number of aromatic nitrogens is 5. The topological polar surface area (TPSA) is 85.6 Å². The second-order valence-corrected chi connectivity index (χ2v) is 6.17. The van der Waals surface area contributed by atoms with E-state index < -0.39 is 17.3 Å². The number of anilines is 1. The predicted molar refractivity (Wildman–Crippen MR) is 77.1 cm³/mol. The van der Waals surface area contributed by atoms with Gasteiger partial charge in [0.25, 0.3) is 12.3 Å². The molecule has 0 unspecified atom stereocenters. The highest BCUT2D eigenvalue weighted by Crippen LogP contribution is 2.27. The number of rotatable bonds is 4. The van der Waals surface area contributed by atoms with Crippen molar-refractivity contribution in [2.45, 2.75) is 6.43 Å². The van der Waals surface area contributed by atoms with Gasteiger partial charge >= 0.3 is 0 Å². The molecule has 22 heavy (non-hydrogen) atoms. The lowest BCUT2D eigenvalue weighted by molar-refractivity contribution is 0.103. The molecule has 0 radical (unpaired) electrons. The van der Waals surface area contributed by atoms with Crippen LogP contribution in [-0.2, 0) is 7.05 Å². The van der Waals surface area contributed by atoms with Crippen LogP contribution in [-0.4, -0.2) is 30.9 Å². The molecular weight excluding hydrogens is 334 g/mol. The van der Waals surface area contributed by atoms with Crippen molar-refractivity contribution >= 4 is 33.7 Å². The van der Waals surface area contributed by atoms with E-state index in [-0.39, 0.29) is 5.13 Å².